The quantitative estimate of drug-likeness (QED) is 0.561. The fraction of sp³-hybridized carbons (Fsp3) is 0.474. The van der Waals surface area contributed by atoms with Gasteiger partial charge in [-0.1, -0.05) is 19.0 Å². The number of nitrogens with zero attached hydrogens (tertiary/aromatic N) is 2. The summed E-state index contributed by atoms with van der Waals surface area (Å²) in [4.78, 5) is 28.0. The molecule has 3 rings (SSSR count). The Labute approximate surface area is 175 Å². The molecular weight excluding hydrogens is 398 g/mol. The third-order valence-electron chi connectivity index (χ3n) is 4.36. The molecule has 158 valence electrons. The molecule has 1 aromatic carbocycles. The van der Waals surface area contributed by atoms with Gasteiger partial charge in [0.1, 0.15) is 5.75 Å². The molecule has 0 unspecified atom stereocenters. The minimum absolute atomic E-state index is 0. The molecule has 1 fully saturated rings. The van der Waals surface area contributed by atoms with E-state index in [9.17, 15) is 9.59 Å². The molecule has 1 aliphatic rings. The van der Waals surface area contributed by atoms with Crippen molar-refractivity contribution in [1.82, 2.24) is 15.5 Å². The summed E-state index contributed by atoms with van der Waals surface area (Å²) in [5.74, 6) is 1.54. The van der Waals surface area contributed by atoms with Crippen LogP contribution < -0.4 is 21.1 Å². The Morgan fingerprint density at radius 1 is 1.28 bits per heavy atom. The number of carbonyl (C=O) groups is 2. The lowest BCUT2D eigenvalue weighted by molar-refractivity contribution is -0.125. The van der Waals surface area contributed by atoms with Gasteiger partial charge in [-0.3, -0.25) is 9.59 Å². The largest absolute Gasteiger partial charge is 0.485 e. The van der Waals surface area contributed by atoms with Gasteiger partial charge >= 0.3 is 0 Å². The van der Waals surface area contributed by atoms with Crippen LogP contribution in [0.5, 0.6) is 5.75 Å². The Bertz CT molecular complexity index is 820. The zero-order chi connectivity index (χ0) is 20.1. The molecule has 1 aliphatic carbocycles. The molecule has 0 aliphatic heterocycles. The van der Waals surface area contributed by atoms with Crippen molar-refractivity contribution in [1.29, 1.82) is 0 Å². The number of amides is 2. The number of rotatable bonds is 9. The van der Waals surface area contributed by atoms with Gasteiger partial charge in [0, 0.05) is 11.6 Å². The molecule has 2 aromatic rings. The number of hydrogen-bond donors (Lipinski definition) is 3. The first-order chi connectivity index (χ1) is 13.4. The van der Waals surface area contributed by atoms with Gasteiger partial charge in [-0.25, -0.2) is 0 Å². The van der Waals surface area contributed by atoms with Crippen LogP contribution in [-0.2, 0) is 16.2 Å². The van der Waals surface area contributed by atoms with Gasteiger partial charge in [-0.05, 0) is 43.0 Å². The van der Waals surface area contributed by atoms with Crippen molar-refractivity contribution in [2.45, 2.75) is 45.3 Å². The van der Waals surface area contributed by atoms with Crippen LogP contribution >= 0.6 is 12.4 Å². The minimum Gasteiger partial charge on any atom is -0.485 e. The molecule has 1 saturated carbocycles. The van der Waals surface area contributed by atoms with Crippen molar-refractivity contribution < 1.29 is 18.8 Å². The number of aromatic nitrogens is 2. The highest BCUT2D eigenvalue weighted by Crippen LogP contribution is 2.38. The Morgan fingerprint density at radius 3 is 2.59 bits per heavy atom. The highest BCUT2D eigenvalue weighted by Gasteiger charge is 2.29. The fourth-order valence-electron chi connectivity index (χ4n) is 2.40. The van der Waals surface area contributed by atoms with Gasteiger partial charge in [0.2, 0.25) is 23.5 Å². The predicted octanol–water partition coefficient (Wildman–Crippen LogP) is 1.99. The maximum Gasteiger partial charge on any atom is 0.243 e. The predicted molar refractivity (Wildman–Crippen MR) is 109 cm³/mol. The van der Waals surface area contributed by atoms with E-state index in [1.54, 1.807) is 24.3 Å². The molecular formula is C19H26ClN5O4. The highest BCUT2D eigenvalue weighted by atomic mass is 35.5. The van der Waals surface area contributed by atoms with Gasteiger partial charge in [-0.15, -0.1) is 12.4 Å². The summed E-state index contributed by atoms with van der Waals surface area (Å²) in [5, 5.41) is 9.12. The fourth-order valence-corrected chi connectivity index (χ4v) is 2.40. The third kappa shape index (κ3) is 6.72. The van der Waals surface area contributed by atoms with Crippen molar-refractivity contribution in [3.05, 3.63) is 36.0 Å². The number of benzene rings is 1. The zero-order valence-corrected chi connectivity index (χ0v) is 17.2. The van der Waals surface area contributed by atoms with Crippen LogP contribution in [0, 0.1) is 5.92 Å². The lowest BCUT2D eigenvalue weighted by Crippen LogP contribution is -2.46. The topological polar surface area (TPSA) is 132 Å². The lowest BCUT2D eigenvalue weighted by atomic mass is 10.1. The van der Waals surface area contributed by atoms with Gasteiger partial charge in [0.25, 0.3) is 0 Å². The van der Waals surface area contributed by atoms with E-state index in [-0.39, 0.29) is 43.3 Å². The SMILES string of the molecule is CC(C)[C@H](N)C(=O)NCC(=O)Nc1ccc(OCc2noc(C3CC3)n2)cc1.Cl. The van der Waals surface area contributed by atoms with E-state index in [4.69, 9.17) is 15.0 Å². The van der Waals surface area contributed by atoms with Gasteiger partial charge < -0.3 is 25.6 Å². The summed E-state index contributed by atoms with van der Waals surface area (Å²) in [5.41, 5.74) is 6.33. The second-order valence-corrected chi connectivity index (χ2v) is 7.17. The first-order valence-corrected chi connectivity index (χ1v) is 9.31. The van der Waals surface area contributed by atoms with Crippen molar-refractivity contribution in [3.63, 3.8) is 0 Å². The number of nitrogens with two attached hydrogens (primary N) is 1. The molecule has 29 heavy (non-hydrogen) atoms. The Kier molecular flexibility index (Phi) is 7.98. The number of halogens is 1. The number of ether oxygens (including phenoxy) is 1. The first kappa shape index (κ1) is 22.6. The Morgan fingerprint density at radius 2 is 1.97 bits per heavy atom. The normalized spacial score (nSPS) is 14.1. The van der Waals surface area contributed by atoms with E-state index < -0.39 is 6.04 Å². The number of carbonyl (C=O) groups excluding carboxylic acids is 2. The van der Waals surface area contributed by atoms with Crippen molar-refractivity contribution >= 4 is 29.9 Å². The summed E-state index contributed by atoms with van der Waals surface area (Å²) < 4.78 is 10.8. The van der Waals surface area contributed by atoms with E-state index in [1.165, 1.54) is 0 Å². The van der Waals surface area contributed by atoms with Gasteiger partial charge in [0.05, 0.1) is 12.6 Å². The zero-order valence-electron chi connectivity index (χ0n) is 16.4. The molecule has 0 spiro atoms. The first-order valence-electron chi connectivity index (χ1n) is 9.31. The van der Waals surface area contributed by atoms with Crippen LogP contribution in [0.2, 0.25) is 0 Å². The standard InChI is InChI=1S/C19H25N5O4.ClH/c1-11(2)17(20)18(26)21-9-16(25)22-13-5-7-14(8-6-13)27-10-15-23-19(28-24-15)12-3-4-12;/h5-8,11-12,17H,3-4,9-10,20H2,1-2H3,(H,21,26)(H,22,25);1H/t17-;/m0./s1. The van der Waals surface area contributed by atoms with Crippen molar-refractivity contribution in [2.75, 3.05) is 11.9 Å². The highest BCUT2D eigenvalue weighted by molar-refractivity contribution is 5.95. The molecule has 10 heteroatoms. The van der Waals surface area contributed by atoms with E-state index in [2.05, 4.69) is 20.8 Å². The molecule has 9 nitrogen and oxygen atoms in total. The van der Waals surface area contributed by atoms with Crippen LogP contribution in [0.25, 0.3) is 0 Å². The van der Waals surface area contributed by atoms with E-state index in [0.29, 0.717) is 29.1 Å². The summed E-state index contributed by atoms with van der Waals surface area (Å²) in [6.45, 7) is 3.76. The molecule has 1 heterocycles. The number of anilines is 1. The minimum atomic E-state index is -0.635. The summed E-state index contributed by atoms with van der Waals surface area (Å²) in [6, 6.07) is 6.24. The van der Waals surface area contributed by atoms with Crippen molar-refractivity contribution in [3.8, 4) is 5.75 Å². The molecule has 2 amide bonds. The molecule has 0 bridgehead atoms. The van der Waals surface area contributed by atoms with E-state index >= 15 is 0 Å². The van der Waals surface area contributed by atoms with Crippen LogP contribution in [0.3, 0.4) is 0 Å². The number of nitrogens with one attached hydrogen (secondary N) is 2. The Hall–Kier alpha value is -2.65. The van der Waals surface area contributed by atoms with E-state index in [1.807, 2.05) is 13.8 Å². The van der Waals surface area contributed by atoms with Crippen LogP contribution in [0.15, 0.2) is 28.8 Å². The molecule has 4 N–H and O–H groups in total. The molecule has 1 atom stereocenters. The van der Waals surface area contributed by atoms with Crippen LogP contribution in [0.1, 0.15) is 44.3 Å². The summed E-state index contributed by atoms with van der Waals surface area (Å²) in [7, 11) is 0. The molecule has 0 saturated heterocycles. The maximum atomic E-state index is 11.9. The Balaban J connectivity index is 0.00000300. The maximum absolute atomic E-state index is 11.9. The summed E-state index contributed by atoms with van der Waals surface area (Å²) >= 11 is 0. The average molecular weight is 424 g/mol. The van der Waals surface area contributed by atoms with Crippen molar-refractivity contribution in [2.24, 2.45) is 11.7 Å². The second-order valence-electron chi connectivity index (χ2n) is 7.17. The van der Waals surface area contributed by atoms with E-state index in [0.717, 1.165) is 12.8 Å². The van der Waals surface area contributed by atoms with Gasteiger partial charge in [-0.2, -0.15) is 4.98 Å². The van der Waals surface area contributed by atoms with Crippen LogP contribution in [-0.4, -0.2) is 34.5 Å². The lowest BCUT2D eigenvalue weighted by Gasteiger charge is -2.15. The summed E-state index contributed by atoms with van der Waals surface area (Å²) in [6.07, 6.45) is 2.20. The second kappa shape index (κ2) is 10.2. The third-order valence-corrected chi connectivity index (χ3v) is 4.36. The number of hydrogen-bond acceptors (Lipinski definition) is 7. The monoisotopic (exact) mass is 423 g/mol. The molecule has 0 radical (unpaired) electrons. The van der Waals surface area contributed by atoms with Crippen LogP contribution in [0.4, 0.5) is 5.69 Å². The molecule has 1 aromatic heterocycles. The average Bonchev–Trinajstić information content (AvgIpc) is 3.43. The smallest absolute Gasteiger partial charge is 0.243 e. The van der Waals surface area contributed by atoms with Gasteiger partial charge in [0.15, 0.2) is 6.61 Å².